The van der Waals surface area contributed by atoms with E-state index in [9.17, 15) is 14.7 Å². The largest absolute Gasteiger partial charge is 0.868 e. The summed E-state index contributed by atoms with van der Waals surface area (Å²) in [4.78, 5) is 28.9. The summed E-state index contributed by atoms with van der Waals surface area (Å²) < 4.78 is 10.6. The fraction of sp³-hybridized carbons (Fsp3) is 0.391. The highest BCUT2D eigenvalue weighted by atomic mass is 16.5. The van der Waals surface area contributed by atoms with Gasteiger partial charge in [-0.25, -0.2) is 0 Å². The Morgan fingerprint density at radius 3 is 2.60 bits per heavy atom. The molecule has 2 aliphatic heterocycles. The zero-order chi connectivity index (χ0) is 21.1. The number of nitrogens with one attached hydrogen (secondary N) is 1. The Hall–Kier alpha value is -2.90. The van der Waals surface area contributed by atoms with Crippen molar-refractivity contribution in [3.05, 3.63) is 70.9 Å². The van der Waals surface area contributed by atoms with E-state index in [-0.39, 0.29) is 11.3 Å². The van der Waals surface area contributed by atoms with E-state index in [0.717, 1.165) is 50.4 Å². The zero-order valence-corrected chi connectivity index (χ0v) is 17.1. The van der Waals surface area contributed by atoms with Crippen LogP contribution in [0.4, 0.5) is 0 Å². The lowest BCUT2D eigenvalue weighted by Crippen LogP contribution is -3.14. The molecule has 30 heavy (non-hydrogen) atoms. The quantitative estimate of drug-likeness (QED) is 0.663. The minimum Gasteiger partial charge on any atom is -0.868 e. The lowest BCUT2D eigenvalue weighted by molar-refractivity contribution is -0.908. The summed E-state index contributed by atoms with van der Waals surface area (Å²) >= 11 is 0. The molecule has 7 heteroatoms. The monoisotopic (exact) mass is 410 g/mol. The lowest BCUT2D eigenvalue weighted by atomic mass is 9.94. The van der Waals surface area contributed by atoms with Crippen molar-refractivity contribution in [2.24, 2.45) is 0 Å². The second-order valence-electron chi connectivity index (χ2n) is 7.83. The van der Waals surface area contributed by atoms with Gasteiger partial charge in [-0.05, 0) is 30.4 Å². The molecule has 3 heterocycles. The maximum absolute atomic E-state index is 13.0. The van der Waals surface area contributed by atoms with E-state index in [1.165, 1.54) is 17.2 Å². The van der Waals surface area contributed by atoms with Crippen LogP contribution in [0.5, 0.6) is 0 Å². The Balaban J connectivity index is 1.59. The van der Waals surface area contributed by atoms with Crippen LogP contribution in [-0.2, 0) is 9.53 Å². The van der Waals surface area contributed by atoms with E-state index in [4.69, 9.17) is 9.15 Å². The van der Waals surface area contributed by atoms with Gasteiger partial charge in [0.2, 0.25) is 11.7 Å². The number of amides is 1. The van der Waals surface area contributed by atoms with E-state index in [2.05, 4.69) is 0 Å². The first-order valence-corrected chi connectivity index (χ1v) is 10.3. The summed E-state index contributed by atoms with van der Waals surface area (Å²) in [5, 5.41) is 12.9. The van der Waals surface area contributed by atoms with E-state index < -0.39 is 23.5 Å². The van der Waals surface area contributed by atoms with Crippen LogP contribution in [0.3, 0.4) is 0 Å². The van der Waals surface area contributed by atoms with Gasteiger partial charge in [0.15, 0.2) is 5.76 Å². The van der Waals surface area contributed by atoms with Gasteiger partial charge in [-0.3, -0.25) is 9.59 Å². The molecule has 1 saturated heterocycles. The average Bonchev–Trinajstić information content (AvgIpc) is 3.38. The molecule has 1 fully saturated rings. The Labute approximate surface area is 175 Å². The van der Waals surface area contributed by atoms with Crippen molar-refractivity contribution >= 4 is 11.7 Å². The molecule has 0 aliphatic carbocycles. The Bertz CT molecular complexity index is 927. The number of aryl methyl sites for hydroxylation is 1. The molecule has 1 atom stereocenters. The van der Waals surface area contributed by atoms with E-state index in [1.807, 2.05) is 31.2 Å². The summed E-state index contributed by atoms with van der Waals surface area (Å²) in [6.45, 7) is 6.67. The van der Waals surface area contributed by atoms with E-state index in [0.29, 0.717) is 6.54 Å². The molecule has 158 valence electrons. The van der Waals surface area contributed by atoms with Gasteiger partial charge in [-0.15, -0.1) is 0 Å². The molecular formula is C23H26N2O5. The summed E-state index contributed by atoms with van der Waals surface area (Å²) in [5.41, 5.74) is 1.79. The van der Waals surface area contributed by atoms with Crippen molar-refractivity contribution in [1.29, 1.82) is 0 Å². The van der Waals surface area contributed by atoms with Crippen molar-refractivity contribution in [3.8, 4) is 0 Å². The molecule has 0 bridgehead atoms. The van der Waals surface area contributed by atoms with Gasteiger partial charge < -0.3 is 24.1 Å². The number of carbonyl (C=O) groups is 2. The highest BCUT2D eigenvalue weighted by molar-refractivity contribution is 6.14. The fourth-order valence-electron chi connectivity index (χ4n) is 4.15. The maximum atomic E-state index is 13.0. The van der Waals surface area contributed by atoms with Crippen molar-refractivity contribution in [3.63, 3.8) is 0 Å². The molecule has 1 aromatic carbocycles. The van der Waals surface area contributed by atoms with Crippen LogP contribution < -0.4 is 10.0 Å². The number of ketones is 1. The number of furan rings is 1. The smallest absolute Gasteiger partial charge is 0.239 e. The van der Waals surface area contributed by atoms with Gasteiger partial charge in [-0.1, -0.05) is 29.8 Å². The number of carbonyl (C=O) groups excluding carboxylic acids is 2. The van der Waals surface area contributed by atoms with Gasteiger partial charge >= 0.3 is 0 Å². The second kappa shape index (κ2) is 8.85. The number of hydrogen-bond acceptors (Lipinski definition) is 5. The van der Waals surface area contributed by atoms with Gasteiger partial charge in [0.05, 0.1) is 32.1 Å². The molecule has 1 amide bonds. The van der Waals surface area contributed by atoms with Crippen LogP contribution >= 0.6 is 0 Å². The topological polar surface area (TPSA) is 87.2 Å². The van der Waals surface area contributed by atoms with Crippen molar-refractivity contribution in [1.82, 2.24) is 4.90 Å². The molecule has 7 nitrogen and oxygen atoms in total. The average molecular weight is 410 g/mol. The normalized spacial score (nSPS) is 20.2. The van der Waals surface area contributed by atoms with Crippen molar-refractivity contribution in [2.75, 3.05) is 39.4 Å². The Kier molecular flexibility index (Phi) is 6.01. The number of quaternary nitrogens is 1. The minimum atomic E-state index is -0.735. The summed E-state index contributed by atoms with van der Waals surface area (Å²) in [6, 6.07) is 10.0. The summed E-state index contributed by atoms with van der Waals surface area (Å²) in [7, 11) is 0. The molecule has 2 aromatic rings. The first kappa shape index (κ1) is 20.4. The number of Topliss-reactive ketones (excluding diaryl/α,β-unsaturated/α-hetero) is 1. The molecular weight excluding hydrogens is 384 g/mol. The molecule has 1 aromatic heterocycles. The van der Waals surface area contributed by atoms with Crippen molar-refractivity contribution < 1.29 is 28.7 Å². The zero-order valence-electron chi connectivity index (χ0n) is 17.1. The van der Waals surface area contributed by atoms with Crippen LogP contribution in [-0.4, -0.2) is 56.0 Å². The number of rotatable bonds is 7. The summed E-state index contributed by atoms with van der Waals surface area (Å²) in [6.07, 6.45) is 2.14. The number of morpholine rings is 1. The number of hydrogen-bond donors (Lipinski definition) is 1. The van der Waals surface area contributed by atoms with Gasteiger partial charge in [-0.2, -0.15) is 0 Å². The first-order valence-electron chi connectivity index (χ1n) is 10.3. The molecule has 1 unspecified atom stereocenters. The molecule has 1 N–H and O–H groups in total. The summed E-state index contributed by atoms with van der Waals surface area (Å²) in [5.74, 6) is -1.80. The van der Waals surface area contributed by atoms with Crippen molar-refractivity contribution in [2.45, 2.75) is 19.4 Å². The molecule has 4 rings (SSSR count). The standard InChI is InChI=1S/C23H26N2O5/c1-16-5-7-17(8-6-16)20-19(21(26)18-4-2-13-30-18)22(27)23(28)25(20)10-3-9-24-11-14-29-15-12-24/h2,4-8,13,20,27H,3,9-12,14-15H2,1H3. The lowest BCUT2D eigenvalue weighted by Gasteiger charge is -2.29. The predicted octanol–water partition coefficient (Wildman–Crippen LogP) is 0.274. The van der Waals surface area contributed by atoms with Gasteiger partial charge in [0.25, 0.3) is 0 Å². The Morgan fingerprint density at radius 1 is 1.20 bits per heavy atom. The van der Waals surface area contributed by atoms with Crippen LogP contribution in [0.15, 0.2) is 58.4 Å². The molecule has 0 radical (unpaired) electrons. The minimum absolute atomic E-state index is 0.0301. The number of benzene rings is 1. The van der Waals surface area contributed by atoms with Crippen LogP contribution in [0.1, 0.15) is 34.1 Å². The first-order chi connectivity index (χ1) is 14.6. The highest BCUT2D eigenvalue weighted by Crippen LogP contribution is 2.38. The fourth-order valence-corrected chi connectivity index (χ4v) is 4.15. The second-order valence-corrected chi connectivity index (χ2v) is 7.83. The molecule has 0 spiro atoms. The van der Waals surface area contributed by atoms with E-state index >= 15 is 0 Å². The predicted molar refractivity (Wildman–Crippen MR) is 107 cm³/mol. The van der Waals surface area contributed by atoms with Gasteiger partial charge in [0, 0.05) is 18.5 Å². The van der Waals surface area contributed by atoms with Gasteiger partial charge in [0.1, 0.15) is 13.1 Å². The molecule has 0 saturated carbocycles. The third-order valence-electron chi connectivity index (χ3n) is 5.80. The number of nitrogens with zero attached hydrogens (tertiary/aromatic N) is 1. The SMILES string of the molecule is Cc1ccc(C2C(C(=O)c3ccco3)=C([O-])C(=O)N2CCC[NH+]2CCOCC2)cc1. The Morgan fingerprint density at radius 2 is 1.93 bits per heavy atom. The highest BCUT2D eigenvalue weighted by Gasteiger charge is 2.40. The maximum Gasteiger partial charge on any atom is 0.239 e. The number of ether oxygens (including phenoxy) is 1. The van der Waals surface area contributed by atoms with Crippen LogP contribution in [0, 0.1) is 6.92 Å². The molecule has 2 aliphatic rings. The van der Waals surface area contributed by atoms with Crippen LogP contribution in [0.2, 0.25) is 0 Å². The van der Waals surface area contributed by atoms with E-state index in [1.54, 1.807) is 11.0 Å². The third kappa shape index (κ3) is 4.04. The third-order valence-corrected chi connectivity index (χ3v) is 5.80. The van der Waals surface area contributed by atoms with Crippen LogP contribution in [0.25, 0.3) is 0 Å².